The summed E-state index contributed by atoms with van der Waals surface area (Å²) in [6.07, 6.45) is 1.75. The fourth-order valence-electron chi connectivity index (χ4n) is 1.97. The molecule has 8 heteroatoms. The van der Waals surface area contributed by atoms with Gasteiger partial charge in [0.05, 0.1) is 26.0 Å². The minimum absolute atomic E-state index is 0.120. The van der Waals surface area contributed by atoms with Gasteiger partial charge in [0.2, 0.25) is 0 Å². The average Bonchev–Trinajstić information content (AvgIpc) is 2.57. The van der Waals surface area contributed by atoms with Crippen molar-refractivity contribution in [2.24, 2.45) is 5.10 Å². The lowest BCUT2D eigenvalue weighted by molar-refractivity contribution is -0.119. The minimum Gasteiger partial charge on any atom is -0.489 e. The van der Waals surface area contributed by atoms with E-state index in [0.29, 0.717) is 0 Å². The quantitative estimate of drug-likeness (QED) is 0.254. The summed E-state index contributed by atoms with van der Waals surface area (Å²) in [5.41, 5.74) is 4.29. The number of halogens is 3. The number of carbonyl (C=O) groups excluding carboxylic acids is 1. The highest BCUT2D eigenvalue weighted by molar-refractivity contribution is 14.1. The molecule has 0 radical (unpaired) electrons. The maximum atomic E-state index is 11.9. The van der Waals surface area contributed by atoms with Crippen molar-refractivity contribution < 1.29 is 9.53 Å². The monoisotopic (exact) mass is 641 g/mol. The minimum atomic E-state index is -0.215. The van der Waals surface area contributed by atoms with Crippen LogP contribution in [0.15, 0.2) is 46.0 Å². The van der Waals surface area contributed by atoms with Gasteiger partial charge in [0.25, 0.3) is 5.91 Å². The summed E-state index contributed by atoms with van der Waals surface area (Å²) in [6, 6.07) is 11.5. The molecule has 0 saturated heterocycles. The molecule has 0 aliphatic heterocycles. The second-order valence-electron chi connectivity index (χ2n) is 5.63. The van der Waals surface area contributed by atoms with Gasteiger partial charge in [-0.05, 0) is 101 Å². The molecule has 0 aliphatic rings. The van der Waals surface area contributed by atoms with E-state index in [1.54, 1.807) is 6.21 Å². The van der Waals surface area contributed by atoms with Crippen molar-refractivity contribution in [3.8, 4) is 5.75 Å². The smallest absolute Gasteiger partial charge is 0.259 e. The number of anilines is 1. The SMILES string of the molecule is CC(C)Oc1c(I)cc(/C=N\NC(=O)CNc2ccc(Br)cc2)cc1I. The van der Waals surface area contributed by atoms with Crippen LogP contribution in [0.3, 0.4) is 0 Å². The molecule has 0 aliphatic carbocycles. The first-order chi connectivity index (χ1) is 12.3. The predicted octanol–water partition coefficient (Wildman–Crippen LogP) is 5.01. The van der Waals surface area contributed by atoms with E-state index < -0.39 is 0 Å². The Hall–Kier alpha value is -0.880. The maximum absolute atomic E-state index is 11.9. The summed E-state index contributed by atoms with van der Waals surface area (Å²) in [5.74, 6) is 0.661. The Kier molecular flexibility index (Phi) is 8.61. The number of hydrogen-bond donors (Lipinski definition) is 2. The molecule has 0 saturated carbocycles. The van der Waals surface area contributed by atoms with Crippen LogP contribution in [-0.2, 0) is 4.79 Å². The second-order valence-corrected chi connectivity index (χ2v) is 8.87. The molecule has 0 atom stereocenters. The van der Waals surface area contributed by atoms with E-state index in [1.165, 1.54) is 0 Å². The highest BCUT2D eigenvalue weighted by atomic mass is 127. The van der Waals surface area contributed by atoms with Gasteiger partial charge in [0, 0.05) is 10.2 Å². The van der Waals surface area contributed by atoms with Crippen LogP contribution >= 0.6 is 61.1 Å². The molecular weight excluding hydrogens is 624 g/mol. The van der Waals surface area contributed by atoms with Crippen molar-refractivity contribution in [2.75, 3.05) is 11.9 Å². The van der Waals surface area contributed by atoms with Gasteiger partial charge in [-0.15, -0.1) is 0 Å². The van der Waals surface area contributed by atoms with Crippen LogP contribution < -0.4 is 15.5 Å². The summed E-state index contributed by atoms with van der Waals surface area (Å²) in [7, 11) is 0. The Morgan fingerprint density at radius 1 is 1.23 bits per heavy atom. The first kappa shape index (κ1) is 21.4. The van der Waals surface area contributed by atoms with Gasteiger partial charge >= 0.3 is 0 Å². The van der Waals surface area contributed by atoms with E-state index >= 15 is 0 Å². The van der Waals surface area contributed by atoms with E-state index in [2.05, 4.69) is 77.0 Å². The first-order valence-electron chi connectivity index (χ1n) is 7.82. The van der Waals surface area contributed by atoms with Crippen molar-refractivity contribution >= 4 is 78.9 Å². The molecule has 138 valence electrons. The standard InChI is InChI=1S/C18H18BrI2N3O2/c1-11(2)26-18-15(20)7-12(8-16(18)21)9-23-24-17(25)10-22-14-5-3-13(19)4-6-14/h3-9,11,22H,10H2,1-2H3,(H,24,25)/b23-9-. The van der Waals surface area contributed by atoms with Crippen molar-refractivity contribution in [3.63, 3.8) is 0 Å². The van der Waals surface area contributed by atoms with Gasteiger partial charge < -0.3 is 10.1 Å². The predicted molar refractivity (Wildman–Crippen MR) is 126 cm³/mol. The number of rotatable bonds is 7. The number of ether oxygens (including phenoxy) is 1. The zero-order chi connectivity index (χ0) is 19.1. The van der Waals surface area contributed by atoms with Crippen LogP contribution in [0.25, 0.3) is 0 Å². The molecule has 0 fully saturated rings. The highest BCUT2D eigenvalue weighted by Crippen LogP contribution is 2.29. The molecule has 1 amide bonds. The highest BCUT2D eigenvalue weighted by Gasteiger charge is 2.10. The molecule has 0 heterocycles. The van der Waals surface area contributed by atoms with E-state index in [1.807, 2.05) is 50.2 Å². The Morgan fingerprint density at radius 2 is 1.85 bits per heavy atom. The molecule has 0 aromatic heterocycles. The summed E-state index contributed by atoms with van der Waals surface area (Å²) < 4.78 is 8.82. The number of hydrogen-bond acceptors (Lipinski definition) is 4. The molecule has 0 unspecified atom stereocenters. The largest absolute Gasteiger partial charge is 0.489 e. The second kappa shape index (κ2) is 10.5. The Balaban J connectivity index is 1.89. The lowest BCUT2D eigenvalue weighted by Gasteiger charge is -2.14. The summed E-state index contributed by atoms with van der Waals surface area (Å²) in [4.78, 5) is 11.9. The van der Waals surface area contributed by atoms with Gasteiger partial charge in [-0.1, -0.05) is 15.9 Å². The number of nitrogens with zero attached hydrogens (tertiary/aromatic N) is 1. The van der Waals surface area contributed by atoms with E-state index in [9.17, 15) is 4.79 Å². The number of hydrazone groups is 1. The Bertz CT molecular complexity index is 773. The number of benzene rings is 2. The fourth-order valence-corrected chi connectivity index (χ4v) is 4.31. The molecule has 0 bridgehead atoms. The zero-order valence-corrected chi connectivity index (χ0v) is 20.1. The van der Waals surface area contributed by atoms with E-state index in [4.69, 9.17) is 4.74 Å². The topological polar surface area (TPSA) is 62.7 Å². The van der Waals surface area contributed by atoms with Crippen molar-refractivity contribution in [2.45, 2.75) is 20.0 Å². The Morgan fingerprint density at radius 3 is 2.42 bits per heavy atom. The van der Waals surface area contributed by atoms with Crippen molar-refractivity contribution in [3.05, 3.63) is 53.6 Å². The summed E-state index contributed by atoms with van der Waals surface area (Å²) in [5, 5.41) is 7.06. The normalized spacial score (nSPS) is 11.0. The number of amides is 1. The van der Waals surface area contributed by atoms with Crippen LogP contribution in [0.4, 0.5) is 5.69 Å². The van der Waals surface area contributed by atoms with Gasteiger partial charge in [-0.3, -0.25) is 4.79 Å². The lowest BCUT2D eigenvalue weighted by atomic mass is 10.2. The lowest BCUT2D eigenvalue weighted by Crippen LogP contribution is -2.25. The van der Waals surface area contributed by atoms with Gasteiger partial charge in [0.1, 0.15) is 5.75 Å². The molecule has 2 aromatic rings. The van der Waals surface area contributed by atoms with Gasteiger partial charge in [0.15, 0.2) is 0 Å². The van der Waals surface area contributed by atoms with Crippen LogP contribution in [0.5, 0.6) is 5.75 Å². The summed E-state index contributed by atoms with van der Waals surface area (Å²) in [6.45, 7) is 4.15. The maximum Gasteiger partial charge on any atom is 0.259 e. The Labute approximate surface area is 188 Å². The number of carbonyl (C=O) groups is 1. The molecule has 2 N–H and O–H groups in total. The third-order valence-corrected chi connectivity index (χ3v) is 5.21. The zero-order valence-electron chi connectivity index (χ0n) is 14.2. The molecule has 2 rings (SSSR count). The van der Waals surface area contributed by atoms with E-state index in [-0.39, 0.29) is 18.6 Å². The van der Waals surface area contributed by atoms with Crippen LogP contribution in [0.2, 0.25) is 0 Å². The van der Waals surface area contributed by atoms with E-state index in [0.717, 1.165) is 28.6 Å². The molecular formula is C18H18BrI2N3O2. The molecule has 5 nitrogen and oxygen atoms in total. The fraction of sp³-hybridized carbons (Fsp3) is 0.222. The van der Waals surface area contributed by atoms with Crippen molar-refractivity contribution in [1.82, 2.24) is 5.43 Å². The van der Waals surface area contributed by atoms with Gasteiger partial charge in [-0.2, -0.15) is 5.10 Å². The average molecular weight is 642 g/mol. The molecule has 2 aromatic carbocycles. The number of nitrogens with one attached hydrogen (secondary N) is 2. The van der Waals surface area contributed by atoms with Crippen molar-refractivity contribution in [1.29, 1.82) is 0 Å². The van der Waals surface area contributed by atoms with Crippen LogP contribution in [0.1, 0.15) is 19.4 Å². The van der Waals surface area contributed by atoms with Gasteiger partial charge in [-0.25, -0.2) is 5.43 Å². The third kappa shape index (κ3) is 7.03. The molecule has 26 heavy (non-hydrogen) atoms. The summed E-state index contributed by atoms with van der Waals surface area (Å²) >= 11 is 7.85. The van der Waals surface area contributed by atoms with Crippen LogP contribution in [-0.4, -0.2) is 24.8 Å². The first-order valence-corrected chi connectivity index (χ1v) is 10.8. The van der Waals surface area contributed by atoms with Crippen LogP contribution in [0, 0.1) is 7.14 Å². The third-order valence-electron chi connectivity index (χ3n) is 3.07. The molecule has 0 spiro atoms.